The van der Waals surface area contributed by atoms with Crippen LogP contribution in [-0.2, 0) is 0 Å². The van der Waals surface area contributed by atoms with Crippen LogP contribution in [0.25, 0.3) is 11.0 Å². The van der Waals surface area contributed by atoms with E-state index in [-0.39, 0.29) is 6.04 Å². The summed E-state index contributed by atoms with van der Waals surface area (Å²) in [4.78, 5) is 0. The molecule has 5 nitrogen and oxygen atoms in total. The zero-order chi connectivity index (χ0) is 11.7. The molecule has 17 heavy (non-hydrogen) atoms. The third-order valence-corrected chi connectivity index (χ3v) is 2.75. The number of hydrogen-bond donors (Lipinski definition) is 2. The van der Waals surface area contributed by atoms with Crippen molar-refractivity contribution in [1.29, 1.82) is 0 Å². The smallest absolute Gasteiger partial charge is 0.134 e. The molecule has 0 bridgehead atoms. The van der Waals surface area contributed by atoms with E-state index in [4.69, 9.17) is 4.42 Å². The van der Waals surface area contributed by atoms with E-state index < -0.39 is 0 Å². The van der Waals surface area contributed by atoms with Crippen molar-refractivity contribution in [2.45, 2.75) is 6.04 Å². The van der Waals surface area contributed by atoms with E-state index in [2.05, 4.69) is 20.7 Å². The fourth-order valence-corrected chi connectivity index (χ4v) is 1.93. The molecule has 1 unspecified atom stereocenters. The Kier molecular flexibility index (Phi) is 2.38. The van der Waals surface area contributed by atoms with Crippen molar-refractivity contribution in [2.75, 3.05) is 7.05 Å². The Morgan fingerprint density at radius 1 is 1.35 bits per heavy atom. The summed E-state index contributed by atoms with van der Waals surface area (Å²) in [5.41, 5.74) is 1.69. The van der Waals surface area contributed by atoms with Crippen LogP contribution < -0.4 is 5.32 Å². The molecule has 86 valence electrons. The van der Waals surface area contributed by atoms with Crippen molar-refractivity contribution < 1.29 is 4.42 Å². The highest BCUT2D eigenvalue weighted by atomic mass is 16.3. The highest BCUT2D eigenvalue weighted by Gasteiger charge is 2.18. The summed E-state index contributed by atoms with van der Waals surface area (Å²) in [5, 5.41) is 14.7. The van der Waals surface area contributed by atoms with Crippen LogP contribution in [-0.4, -0.2) is 22.5 Å². The molecule has 5 heteroatoms. The predicted octanol–water partition coefficient (Wildman–Crippen LogP) is 1.86. The second kappa shape index (κ2) is 4.03. The zero-order valence-electron chi connectivity index (χ0n) is 9.34. The third kappa shape index (κ3) is 1.70. The summed E-state index contributed by atoms with van der Waals surface area (Å²) < 4.78 is 5.80. The van der Waals surface area contributed by atoms with Gasteiger partial charge >= 0.3 is 0 Å². The van der Waals surface area contributed by atoms with Gasteiger partial charge in [-0.05, 0) is 19.2 Å². The van der Waals surface area contributed by atoms with Crippen molar-refractivity contribution in [1.82, 2.24) is 20.7 Å². The minimum Gasteiger partial charge on any atom is -0.459 e. The van der Waals surface area contributed by atoms with Crippen LogP contribution in [0.4, 0.5) is 0 Å². The van der Waals surface area contributed by atoms with Gasteiger partial charge in [0.1, 0.15) is 23.1 Å². The molecule has 2 aromatic heterocycles. The first-order chi connectivity index (χ1) is 8.38. The molecule has 3 rings (SSSR count). The summed E-state index contributed by atoms with van der Waals surface area (Å²) >= 11 is 0. The fraction of sp³-hybridized carbons (Fsp3) is 0.167. The second-order valence-corrected chi connectivity index (χ2v) is 3.80. The highest BCUT2D eigenvalue weighted by Crippen LogP contribution is 2.26. The van der Waals surface area contributed by atoms with Crippen LogP contribution in [0.3, 0.4) is 0 Å². The lowest BCUT2D eigenvalue weighted by molar-refractivity contribution is 0.485. The Bertz CT molecular complexity index is 581. The number of fused-ring (bicyclic) bond motifs is 1. The molecule has 1 aromatic carbocycles. The molecular formula is C12H12N4O. The Hall–Kier alpha value is -2.14. The van der Waals surface area contributed by atoms with Gasteiger partial charge in [0.25, 0.3) is 0 Å². The van der Waals surface area contributed by atoms with Crippen LogP contribution in [0.15, 0.2) is 40.9 Å². The lowest BCUT2D eigenvalue weighted by Gasteiger charge is -2.08. The summed E-state index contributed by atoms with van der Waals surface area (Å²) in [5.74, 6) is 0.836. The van der Waals surface area contributed by atoms with Crippen molar-refractivity contribution in [3.8, 4) is 0 Å². The Morgan fingerprint density at radius 3 is 2.94 bits per heavy atom. The molecule has 0 saturated heterocycles. The lowest BCUT2D eigenvalue weighted by atomic mass is 10.1. The molecular weight excluding hydrogens is 216 g/mol. The van der Waals surface area contributed by atoms with Gasteiger partial charge in [-0.25, -0.2) is 0 Å². The first-order valence-corrected chi connectivity index (χ1v) is 5.40. The van der Waals surface area contributed by atoms with Crippen molar-refractivity contribution in [3.05, 3.63) is 48.0 Å². The molecule has 0 saturated carbocycles. The van der Waals surface area contributed by atoms with Crippen LogP contribution in [0.1, 0.15) is 17.5 Å². The van der Waals surface area contributed by atoms with Gasteiger partial charge in [0.15, 0.2) is 0 Å². The van der Waals surface area contributed by atoms with E-state index in [1.807, 2.05) is 37.4 Å². The summed E-state index contributed by atoms with van der Waals surface area (Å²) in [7, 11) is 1.87. The van der Waals surface area contributed by atoms with Gasteiger partial charge in [-0.3, -0.25) is 0 Å². The van der Waals surface area contributed by atoms with Crippen LogP contribution in [0.5, 0.6) is 0 Å². The molecule has 2 heterocycles. The minimum absolute atomic E-state index is 0.0823. The fourth-order valence-electron chi connectivity index (χ4n) is 1.93. The van der Waals surface area contributed by atoms with Crippen molar-refractivity contribution in [2.24, 2.45) is 0 Å². The van der Waals surface area contributed by atoms with E-state index in [9.17, 15) is 0 Å². The largest absolute Gasteiger partial charge is 0.459 e. The van der Waals surface area contributed by atoms with Gasteiger partial charge in [-0.1, -0.05) is 18.2 Å². The molecule has 0 radical (unpaired) electrons. The van der Waals surface area contributed by atoms with E-state index in [0.717, 1.165) is 22.4 Å². The maximum atomic E-state index is 5.80. The average molecular weight is 228 g/mol. The molecule has 0 fully saturated rings. The second-order valence-electron chi connectivity index (χ2n) is 3.80. The average Bonchev–Trinajstić information content (AvgIpc) is 2.98. The quantitative estimate of drug-likeness (QED) is 0.718. The van der Waals surface area contributed by atoms with Gasteiger partial charge in [-0.2, -0.15) is 15.4 Å². The first kappa shape index (κ1) is 10.0. The summed E-state index contributed by atoms with van der Waals surface area (Å²) in [6.07, 6.45) is 1.69. The number of hydrogen-bond acceptors (Lipinski definition) is 4. The number of H-pyrrole nitrogens is 1. The predicted molar refractivity (Wildman–Crippen MR) is 63.5 cm³/mol. The van der Waals surface area contributed by atoms with E-state index in [1.165, 1.54) is 0 Å². The normalized spacial score (nSPS) is 13.0. The number of aromatic nitrogens is 3. The SMILES string of the molecule is CNC(c1cn[nH]n1)c1cc2ccccc2o1. The van der Waals surface area contributed by atoms with Crippen LogP contribution in [0, 0.1) is 0 Å². The number of nitrogens with zero attached hydrogens (tertiary/aromatic N) is 2. The number of furan rings is 1. The Morgan fingerprint density at radius 2 is 2.24 bits per heavy atom. The van der Waals surface area contributed by atoms with Gasteiger partial charge in [0, 0.05) is 5.39 Å². The lowest BCUT2D eigenvalue weighted by Crippen LogP contribution is -2.17. The minimum atomic E-state index is -0.0823. The zero-order valence-corrected chi connectivity index (χ0v) is 9.34. The van der Waals surface area contributed by atoms with Crippen molar-refractivity contribution >= 4 is 11.0 Å². The monoisotopic (exact) mass is 228 g/mol. The number of rotatable bonds is 3. The Labute approximate surface area is 97.8 Å². The van der Waals surface area contributed by atoms with E-state index in [0.29, 0.717) is 0 Å². The van der Waals surface area contributed by atoms with Crippen molar-refractivity contribution in [3.63, 3.8) is 0 Å². The number of benzene rings is 1. The molecule has 3 aromatic rings. The van der Waals surface area contributed by atoms with Gasteiger partial charge in [-0.15, -0.1) is 0 Å². The summed E-state index contributed by atoms with van der Waals surface area (Å²) in [6, 6.07) is 9.87. The van der Waals surface area contributed by atoms with Gasteiger partial charge in [0.05, 0.1) is 6.20 Å². The van der Waals surface area contributed by atoms with E-state index in [1.54, 1.807) is 6.20 Å². The maximum Gasteiger partial charge on any atom is 0.134 e. The highest BCUT2D eigenvalue weighted by molar-refractivity contribution is 5.77. The van der Waals surface area contributed by atoms with E-state index >= 15 is 0 Å². The molecule has 0 amide bonds. The number of para-hydroxylation sites is 1. The van der Waals surface area contributed by atoms with Gasteiger partial charge < -0.3 is 9.73 Å². The molecule has 2 N–H and O–H groups in total. The summed E-state index contributed by atoms with van der Waals surface area (Å²) in [6.45, 7) is 0. The maximum absolute atomic E-state index is 5.80. The van der Waals surface area contributed by atoms with Gasteiger partial charge in [0.2, 0.25) is 0 Å². The Balaban J connectivity index is 2.07. The standard InChI is InChI=1S/C12H12N4O/c1-13-12(9-7-14-16-15-9)11-6-8-4-2-3-5-10(8)17-11/h2-7,12-13H,1H3,(H,14,15,16). The first-order valence-electron chi connectivity index (χ1n) is 5.40. The molecule has 1 atom stereocenters. The number of nitrogens with one attached hydrogen (secondary N) is 2. The molecule has 0 aliphatic heterocycles. The topological polar surface area (TPSA) is 66.7 Å². The third-order valence-electron chi connectivity index (χ3n) is 2.75. The molecule has 0 aliphatic carbocycles. The molecule has 0 spiro atoms. The molecule has 0 aliphatic rings. The van der Waals surface area contributed by atoms with Crippen LogP contribution in [0.2, 0.25) is 0 Å². The number of aromatic amines is 1. The van der Waals surface area contributed by atoms with Crippen LogP contribution >= 0.6 is 0 Å².